The smallest absolute Gasteiger partial charge is 0.358 e. The second-order valence-electron chi connectivity index (χ2n) is 1.01. The predicted molar refractivity (Wildman–Crippen MR) is 41.1 cm³/mol. The maximum atomic E-state index is 3.39. The van der Waals surface area contributed by atoms with Gasteiger partial charge in [0.25, 0.3) is 0 Å². The molecule has 0 nitrogen and oxygen atoms in total. The molecule has 0 atom stereocenters. The quantitative estimate of drug-likeness (QED) is 0.375. The molecule has 1 heteroatoms. The normalized spacial score (nSPS) is 6.33. The van der Waals surface area contributed by atoms with Gasteiger partial charge >= 0.3 is 19.5 Å². The van der Waals surface area contributed by atoms with Gasteiger partial charge in [-0.05, 0) is 0 Å². The van der Waals surface area contributed by atoms with E-state index < -0.39 is 0 Å². The SMILES string of the molecule is C=[C-]/C=C\CC.[CH3-].[CH3-].[Ru+3]. The molecule has 0 aliphatic rings. The zero-order chi connectivity index (χ0) is 4.83. The molecule has 0 aromatic rings. The van der Waals surface area contributed by atoms with Crippen molar-refractivity contribution in [1.82, 2.24) is 0 Å². The van der Waals surface area contributed by atoms with Gasteiger partial charge in [-0.2, -0.15) is 6.58 Å². The van der Waals surface area contributed by atoms with Crippen molar-refractivity contribution in [3.8, 4) is 0 Å². The van der Waals surface area contributed by atoms with Crippen LogP contribution in [0.4, 0.5) is 0 Å². The van der Waals surface area contributed by atoms with E-state index in [1.807, 2.05) is 12.2 Å². The molecule has 0 N–H and O–H groups in total. The molecular formula is C8H15Ru. The standard InChI is InChI=1S/C6H9.2CH3.Ru/c1-3-5-6-4-2;;;/h5-6H,1,4H2,2H3;2*1H3;/q3*-1;+3/b6-5-;;;. The summed E-state index contributed by atoms with van der Waals surface area (Å²) in [5.41, 5.74) is 0. The molecule has 0 aliphatic heterocycles. The summed E-state index contributed by atoms with van der Waals surface area (Å²) in [4.78, 5) is 0. The first-order valence-electron chi connectivity index (χ1n) is 2.09. The van der Waals surface area contributed by atoms with Gasteiger partial charge < -0.3 is 14.9 Å². The van der Waals surface area contributed by atoms with Crippen LogP contribution in [0.25, 0.3) is 0 Å². The van der Waals surface area contributed by atoms with Gasteiger partial charge in [0.05, 0.1) is 0 Å². The summed E-state index contributed by atoms with van der Waals surface area (Å²) in [5, 5.41) is 0. The molecule has 0 heterocycles. The van der Waals surface area contributed by atoms with E-state index in [9.17, 15) is 0 Å². The Kier molecular flexibility index (Phi) is 61.9. The minimum Gasteiger partial charge on any atom is -0.358 e. The van der Waals surface area contributed by atoms with Crippen LogP contribution in [-0.2, 0) is 19.5 Å². The fourth-order valence-corrected chi connectivity index (χ4v) is 0.201. The van der Waals surface area contributed by atoms with Gasteiger partial charge in [0.1, 0.15) is 0 Å². The van der Waals surface area contributed by atoms with Gasteiger partial charge in [0.2, 0.25) is 0 Å². The Morgan fingerprint density at radius 2 is 1.89 bits per heavy atom. The molecule has 1 radical (unpaired) electrons. The Morgan fingerprint density at radius 3 is 2.00 bits per heavy atom. The summed E-state index contributed by atoms with van der Waals surface area (Å²) in [6.07, 6.45) is 7.54. The van der Waals surface area contributed by atoms with Crippen molar-refractivity contribution >= 4 is 0 Å². The molecule has 0 spiro atoms. The Labute approximate surface area is 72.8 Å². The first-order valence-corrected chi connectivity index (χ1v) is 2.09. The van der Waals surface area contributed by atoms with Crippen LogP contribution in [0, 0.1) is 20.9 Å². The van der Waals surface area contributed by atoms with Gasteiger partial charge in [0.15, 0.2) is 0 Å². The predicted octanol–water partition coefficient (Wildman–Crippen LogP) is 2.84. The summed E-state index contributed by atoms with van der Waals surface area (Å²) in [6, 6.07) is 0. The third-order valence-electron chi connectivity index (χ3n) is 0.471. The molecule has 0 aromatic carbocycles. The van der Waals surface area contributed by atoms with E-state index in [0.29, 0.717) is 0 Å². The molecular weight excluding hydrogens is 197 g/mol. The maximum absolute atomic E-state index is 3.39. The van der Waals surface area contributed by atoms with Crippen LogP contribution in [0.5, 0.6) is 0 Å². The molecule has 0 saturated heterocycles. The summed E-state index contributed by atoms with van der Waals surface area (Å²) in [5.74, 6) is 0. The van der Waals surface area contributed by atoms with Crippen LogP contribution in [0.1, 0.15) is 13.3 Å². The van der Waals surface area contributed by atoms with Crippen LogP contribution in [0.3, 0.4) is 0 Å². The molecule has 0 amide bonds. The van der Waals surface area contributed by atoms with E-state index >= 15 is 0 Å². The summed E-state index contributed by atoms with van der Waals surface area (Å²) < 4.78 is 0. The third-order valence-corrected chi connectivity index (χ3v) is 0.471. The Morgan fingerprint density at radius 1 is 1.44 bits per heavy atom. The minimum absolute atomic E-state index is 0. The molecule has 9 heavy (non-hydrogen) atoms. The Balaban J connectivity index is -0.0000000417. The molecule has 0 aromatic heterocycles. The van der Waals surface area contributed by atoms with Gasteiger partial charge in [-0.15, -0.1) is 6.42 Å². The third kappa shape index (κ3) is 31.3. The number of allylic oxidation sites excluding steroid dienone is 3. The Bertz CT molecular complexity index is 55.6. The van der Waals surface area contributed by atoms with Crippen molar-refractivity contribution in [1.29, 1.82) is 0 Å². The molecule has 0 rings (SSSR count). The van der Waals surface area contributed by atoms with E-state index in [4.69, 9.17) is 0 Å². The van der Waals surface area contributed by atoms with Crippen LogP contribution in [-0.4, -0.2) is 0 Å². The first-order chi connectivity index (χ1) is 2.91. The molecule has 55 valence electrons. The molecule has 0 unspecified atom stereocenters. The van der Waals surface area contributed by atoms with Crippen molar-refractivity contribution in [2.45, 2.75) is 13.3 Å². The number of rotatable bonds is 2. The average molecular weight is 212 g/mol. The number of hydrogen-bond donors (Lipinski definition) is 0. The van der Waals surface area contributed by atoms with E-state index in [1.54, 1.807) is 0 Å². The summed E-state index contributed by atoms with van der Waals surface area (Å²) in [6.45, 7) is 5.46. The molecule has 0 fully saturated rings. The zero-order valence-corrected chi connectivity index (χ0v) is 8.16. The van der Waals surface area contributed by atoms with Crippen LogP contribution in [0.2, 0.25) is 0 Å². The van der Waals surface area contributed by atoms with Gasteiger partial charge in [-0.1, -0.05) is 6.92 Å². The van der Waals surface area contributed by atoms with Crippen LogP contribution < -0.4 is 0 Å². The Hall–Kier alpha value is 0.103. The fourth-order valence-electron chi connectivity index (χ4n) is 0.201. The zero-order valence-electron chi connectivity index (χ0n) is 6.42. The van der Waals surface area contributed by atoms with E-state index in [1.165, 1.54) is 0 Å². The second kappa shape index (κ2) is 24.3. The van der Waals surface area contributed by atoms with Gasteiger partial charge in [-0.3, -0.25) is 6.08 Å². The van der Waals surface area contributed by atoms with Crippen LogP contribution >= 0.6 is 0 Å². The van der Waals surface area contributed by atoms with Crippen molar-refractivity contribution in [3.63, 3.8) is 0 Å². The fraction of sp³-hybridized carbons (Fsp3) is 0.250. The monoisotopic (exact) mass is 213 g/mol. The molecule has 0 bridgehead atoms. The summed E-state index contributed by atoms with van der Waals surface area (Å²) >= 11 is 0. The van der Waals surface area contributed by atoms with Crippen molar-refractivity contribution < 1.29 is 19.5 Å². The first kappa shape index (κ1) is 23.0. The second-order valence-corrected chi connectivity index (χ2v) is 1.01. The van der Waals surface area contributed by atoms with Crippen molar-refractivity contribution in [2.24, 2.45) is 0 Å². The maximum Gasteiger partial charge on any atom is 3.00 e. The van der Waals surface area contributed by atoms with Crippen molar-refractivity contribution in [3.05, 3.63) is 39.7 Å². The summed E-state index contributed by atoms with van der Waals surface area (Å²) in [7, 11) is 0. The minimum atomic E-state index is 0. The van der Waals surface area contributed by atoms with E-state index in [-0.39, 0.29) is 34.3 Å². The molecule has 0 saturated carbocycles. The van der Waals surface area contributed by atoms with Crippen molar-refractivity contribution in [2.75, 3.05) is 0 Å². The van der Waals surface area contributed by atoms with Gasteiger partial charge in [-0.25, -0.2) is 12.2 Å². The number of hydrogen-bond acceptors (Lipinski definition) is 0. The topological polar surface area (TPSA) is 0 Å². The van der Waals surface area contributed by atoms with Crippen LogP contribution in [0.15, 0.2) is 18.7 Å². The van der Waals surface area contributed by atoms with E-state index in [2.05, 4.69) is 19.6 Å². The average Bonchev–Trinajstić information content (AvgIpc) is 1.61. The van der Waals surface area contributed by atoms with Gasteiger partial charge in [0, 0.05) is 0 Å². The molecule has 0 aliphatic carbocycles. The largest absolute Gasteiger partial charge is 3.00 e. The van der Waals surface area contributed by atoms with E-state index in [0.717, 1.165) is 6.42 Å².